The van der Waals surface area contributed by atoms with E-state index in [0.29, 0.717) is 6.42 Å². The molecular formula is C12H18O3. The summed E-state index contributed by atoms with van der Waals surface area (Å²) in [6, 6.07) is 0. The van der Waals surface area contributed by atoms with Crippen LogP contribution in [0.1, 0.15) is 45.4 Å². The molecule has 0 aromatic carbocycles. The molecule has 0 unspecified atom stereocenters. The Hall–Kier alpha value is -1.01. The molecule has 0 aromatic heterocycles. The highest BCUT2D eigenvalue weighted by Gasteiger charge is 2.32. The fourth-order valence-electron chi connectivity index (χ4n) is 1.50. The van der Waals surface area contributed by atoms with Crippen LogP contribution in [-0.4, -0.2) is 23.3 Å². The van der Waals surface area contributed by atoms with E-state index in [1.165, 1.54) is 12.8 Å². The molecule has 3 nitrogen and oxygen atoms in total. The maximum Gasteiger partial charge on any atom is 0.308 e. The van der Waals surface area contributed by atoms with Gasteiger partial charge in [0.15, 0.2) is 0 Å². The Kier molecular flexibility index (Phi) is 5.20. The summed E-state index contributed by atoms with van der Waals surface area (Å²) in [4.78, 5) is 10.8. The van der Waals surface area contributed by atoms with Gasteiger partial charge in [0.1, 0.15) is 12.2 Å². The van der Waals surface area contributed by atoms with E-state index in [0.717, 1.165) is 12.8 Å². The number of carbonyl (C=O) groups is 1. The Bertz CT molecular complexity index is 262. The van der Waals surface area contributed by atoms with Crippen LogP contribution in [0, 0.1) is 11.8 Å². The average Bonchev–Trinajstić information content (AvgIpc) is 2.51. The van der Waals surface area contributed by atoms with Crippen molar-refractivity contribution < 1.29 is 14.6 Å². The second kappa shape index (κ2) is 6.47. The van der Waals surface area contributed by atoms with E-state index in [1.54, 1.807) is 0 Å². The van der Waals surface area contributed by atoms with Gasteiger partial charge in [0.25, 0.3) is 0 Å². The van der Waals surface area contributed by atoms with Gasteiger partial charge in [-0.05, 0) is 6.42 Å². The monoisotopic (exact) mass is 210 g/mol. The van der Waals surface area contributed by atoms with E-state index in [4.69, 9.17) is 4.74 Å². The first-order valence-corrected chi connectivity index (χ1v) is 5.57. The van der Waals surface area contributed by atoms with Crippen LogP contribution in [0.3, 0.4) is 0 Å². The zero-order chi connectivity index (χ0) is 11.1. The van der Waals surface area contributed by atoms with Gasteiger partial charge in [-0.2, -0.15) is 0 Å². The summed E-state index contributed by atoms with van der Waals surface area (Å²) in [7, 11) is 0. The lowest BCUT2D eigenvalue weighted by atomic mass is 10.1. The Morgan fingerprint density at radius 3 is 2.87 bits per heavy atom. The SMILES string of the molecule is CCCCCC#CC[C@H]1OC(=O)C[C@H]1O. The van der Waals surface area contributed by atoms with Crippen LogP contribution in [0.2, 0.25) is 0 Å². The third-order valence-corrected chi connectivity index (χ3v) is 2.42. The predicted octanol–water partition coefficient (Wildman–Crippen LogP) is 1.64. The number of ether oxygens (including phenoxy) is 1. The molecule has 0 radical (unpaired) electrons. The zero-order valence-electron chi connectivity index (χ0n) is 9.16. The Balaban J connectivity index is 2.16. The van der Waals surface area contributed by atoms with Crippen molar-refractivity contribution in [3.63, 3.8) is 0 Å². The van der Waals surface area contributed by atoms with Crippen LogP contribution < -0.4 is 0 Å². The molecule has 2 atom stereocenters. The second-order valence-corrected chi connectivity index (χ2v) is 3.81. The van der Waals surface area contributed by atoms with Gasteiger partial charge in [-0.25, -0.2) is 0 Å². The van der Waals surface area contributed by atoms with Gasteiger partial charge in [0, 0.05) is 12.8 Å². The van der Waals surface area contributed by atoms with Gasteiger partial charge in [0.2, 0.25) is 0 Å². The molecule has 0 aromatic rings. The summed E-state index contributed by atoms with van der Waals surface area (Å²) in [5, 5.41) is 9.39. The van der Waals surface area contributed by atoms with Crippen LogP contribution in [0.5, 0.6) is 0 Å². The number of aliphatic hydroxyl groups is 1. The summed E-state index contributed by atoms with van der Waals surface area (Å²) in [5.41, 5.74) is 0. The first-order chi connectivity index (χ1) is 7.24. The molecule has 84 valence electrons. The van der Waals surface area contributed by atoms with E-state index in [1.807, 2.05) is 0 Å². The molecule has 15 heavy (non-hydrogen) atoms. The number of unbranched alkanes of at least 4 members (excludes halogenated alkanes) is 3. The Morgan fingerprint density at radius 2 is 2.27 bits per heavy atom. The van der Waals surface area contributed by atoms with Crippen molar-refractivity contribution in [2.45, 2.75) is 57.7 Å². The molecule has 1 aliphatic heterocycles. The lowest BCUT2D eigenvalue weighted by Gasteiger charge is -2.07. The molecule has 1 N–H and O–H groups in total. The van der Waals surface area contributed by atoms with E-state index in [9.17, 15) is 9.90 Å². The quantitative estimate of drug-likeness (QED) is 0.436. The van der Waals surface area contributed by atoms with Gasteiger partial charge < -0.3 is 9.84 Å². The van der Waals surface area contributed by atoms with Gasteiger partial charge in [-0.15, -0.1) is 5.92 Å². The normalized spacial score (nSPS) is 24.5. The molecule has 1 aliphatic rings. The van der Waals surface area contributed by atoms with Gasteiger partial charge in [0.05, 0.1) is 6.42 Å². The molecule has 0 bridgehead atoms. The fraction of sp³-hybridized carbons (Fsp3) is 0.750. The highest BCUT2D eigenvalue weighted by Crippen LogP contribution is 2.17. The largest absolute Gasteiger partial charge is 0.458 e. The first-order valence-electron chi connectivity index (χ1n) is 5.57. The molecule has 1 heterocycles. The molecule has 0 spiro atoms. The third-order valence-electron chi connectivity index (χ3n) is 2.42. The lowest BCUT2D eigenvalue weighted by molar-refractivity contribution is -0.141. The maximum absolute atomic E-state index is 10.8. The van der Waals surface area contributed by atoms with E-state index < -0.39 is 12.2 Å². The van der Waals surface area contributed by atoms with Gasteiger partial charge >= 0.3 is 5.97 Å². The van der Waals surface area contributed by atoms with Crippen LogP contribution >= 0.6 is 0 Å². The van der Waals surface area contributed by atoms with Gasteiger partial charge in [-0.1, -0.05) is 25.7 Å². The van der Waals surface area contributed by atoms with Crippen LogP contribution in [0.4, 0.5) is 0 Å². The zero-order valence-corrected chi connectivity index (χ0v) is 9.16. The number of aliphatic hydroxyl groups excluding tert-OH is 1. The smallest absolute Gasteiger partial charge is 0.308 e. The Morgan fingerprint density at radius 1 is 1.47 bits per heavy atom. The van der Waals surface area contributed by atoms with Crippen molar-refractivity contribution in [1.29, 1.82) is 0 Å². The predicted molar refractivity (Wildman–Crippen MR) is 57.0 cm³/mol. The minimum Gasteiger partial charge on any atom is -0.458 e. The highest BCUT2D eigenvalue weighted by atomic mass is 16.6. The molecule has 1 saturated heterocycles. The van der Waals surface area contributed by atoms with Crippen LogP contribution in [0.25, 0.3) is 0 Å². The fourth-order valence-corrected chi connectivity index (χ4v) is 1.50. The molecule has 1 fully saturated rings. The second-order valence-electron chi connectivity index (χ2n) is 3.81. The number of rotatable bonds is 4. The number of hydrogen-bond acceptors (Lipinski definition) is 3. The average molecular weight is 210 g/mol. The minimum atomic E-state index is -0.664. The topological polar surface area (TPSA) is 46.5 Å². The van der Waals surface area contributed by atoms with Crippen molar-refractivity contribution in [2.75, 3.05) is 0 Å². The van der Waals surface area contributed by atoms with Crippen molar-refractivity contribution in [2.24, 2.45) is 0 Å². The van der Waals surface area contributed by atoms with Crippen molar-refractivity contribution >= 4 is 5.97 Å². The Labute approximate surface area is 90.8 Å². The van der Waals surface area contributed by atoms with Crippen molar-refractivity contribution in [1.82, 2.24) is 0 Å². The molecule has 3 heteroatoms. The molecule has 0 aliphatic carbocycles. The van der Waals surface area contributed by atoms with Crippen LogP contribution in [-0.2, 0) is 9.53 Å². The van der Waals surface area contributed by atoms with E-state index >= 15 is 0 Å². The number of hydrogen-bond donors (Lipinski definition) is 1. The number of carbonyl (C=O) groups excluding carboxylic acids is 1. The molecule has 1 rings (SSSR count). The summed E-state index contributed by atoms with van der Waals surface area (Å²) in [6.07, 6.45) is 3.91. The maximum atomic E-state index is 10.8. The first kappa shape index (κ1) is 12.1. The van der Waals surface area contributed by atoms with Crippen molar-refractivity contribution in [3.8, 4) is 11.8 Å². The summed E-state index contributed by atoms with van der Waals surface area (Å²) in [5.74, 6) is 5.66. The summed E-state index contributed by atoms with van der Waals surface area (Å²) >= 11 is 0. The number of esters is 1. The van der Waals surface area contributed by atoms with Crippen molar-refractivity contribution in [3.05, 3.63) is 0 Å². The molecular weight excluding hydrogens is 192 g/mol. The van der Waals surface area contributed by atoms with E-state index in [-0.39, 0.29) is 12.4 Å². The van der Waals surface area contributed by atoms with Crippen LogP contribution in [0.15, 0.2) is 0 Å². The standard InChI is InChI=1S/C12H18O3/c1-2-3-4-5-6-7-8-11-10(13)9-12(14)15-11/h10-11,13H,2-5,8-9H2,1H3/t10-,11-/m1/s1. The summed E-state index contributed by atoms with van der Waals surface area (Å²) in [6.45, 7) is 2.15. The number of cyclic esters (lactones) is 1. The molecule has 0 saturated carbocycles. The molecule has 0 amide bonds. The third kappa shape index (κ3) is 4.35. The van der Waals surface area contributed by atoms with Gasteiger partial charge in [-0.3, -0.25) is 4.79 Å². The van der Waals surface area contributed by atoms with E-state index in [2.05, 4.69) is 18.8 Å². The highest BCUT2D eigenvalue weighted by molar-refractivity contribution is 5.72. The lowest BCUT2D eigenvalue weighted by Crippen LogP contribution is -2.19. The minimum absolute atomic E-state index is 0.113. The summed E-state index contributed by atoms with van der Waals surface area (Å²) < 4.78 is 4.91.